The highest BCUT2D eigenvalue weighted by Gasteiger charge is 2.15. The summed E-state index contributed by atoms with van der Waals surface area (Å²) in [6.07, 6.45) is 3.63. The summed E-state index contributed by atoms with van der Waals surface area (Å²) in [7, 11) is 0. The Hall–Kier alpha value is -1.61. The van der Waals surface area contributed by atoms with Crippen molar-refractivity contribution in [1.29, 1.82) is 0 Å². The number of aromatic nitrogens is 1. The fraction of sp³-hybridized carbons (Fsp3) is 0.500. The highest BCUT2D eigenvalue weighted by Crippen LogP contribution is 2.27. The Morgan fingerprint density at radius 3 is 2.62 bits per heavy atom. The predicted octanol–water partition coefficient (Wildman–Crippen LogP) is 4.13. The van der Waals surface area contributed by atoms with E-state index in [2.05, 4.69) is 43.9 Å². The number of hydrogen-bond donors (Lipinski definition) is 1. The Bertz CT molecular complexity index is 580. The number of aliphatic hydroxyl groups excluding tert-OH is 1. The number of unbranched alkanes of at least 4 members (excludes halogenated alkanes) is 2. The van der Waals surface area contributed by atoms with E-state index in [-0.39, 0.29) is 6.61 Å². The van der Waals surface area contributed by atoms with Gasteiger partial charge in [0, 0.05) is 18.0 Å². The first-order chi connectivity index (χ1) is 10.2. The molecule has 0 amide bonds. The quantitative estimate of drug-likeness (QED) is 0.777. The van der Waals surface area contributed by atoms with Gasteiger partial charge in [0.1, 0.15) is 5.82 Å². The second-order valence-electron chi connectivity index (χ2n) is 5.81. The van der Waals surface area contributed by atoms with Crippen molar-refractivity contribution in [3.05, 3.63) is 36.0 Å². The Balaban J connectivity index is 2.44. The molecule has 3 nitrogen and oxygen atoms in total. The second-order valence-corrected chi connectivity index (χ2v) is 5.81. The van der Waals surface area contributed by atoms with Crippen LogP contribution in [0.2, 0.25) is 0 Å². The van der Waals surface area contributed by atoms with E-state index in [1.807, 2.05) is 12.1 Å². The lowest BCUT2D eigenvalue weighted by atomic mass is 10.1. The zero-order valence-corrected chi connectivity index (χ0v) is 13.3. The van der Waals surface area contributed by atoms with Gasteiger partial charge >= 0.3 is 0 Å². The molecule has 3 heteroatoms. The fourth-order valence-electron chi connectivity index (χ4n) is 2.68. The number of anilines is 1. The van der Waals surface area contributed by atoms with E-state index >= 15 is 0 Å². The summed E-state index contributed by atoms with van der Waals surface area (Å²) in [6, 6.07) is 10.7. The van der Waals surface area contributed by atoms with E-state index in [1.54, 1.807) is 0 Å². The molecule has 1 heterocycles. The predicted molar refractivity (Wildman–Crippen MR) is 89.7 cm³/mol. The summed E-state index contributed by atoms with van der Waals surface area (Å²) in [4.78, 5) is 7.05. The Kier molecular flexibility index (Phi) is 5.57. The van der Waals surface area contributed by atoms with Crippen molar-refractivity contribution in [1.82, 2.24) is 4.98 Å². The van der Waals surface area contributed by atoms with Gasteiger partial charge in [-0.2, -0.15) is 0 Å². The highest BCUT2D eigenvalue weighted by atomic mass is 16.3. The first kappa shape index (κ1) is 15.8. The number of nitrogens with zero attached hydrogens (tertiary/aromatic N) is 2. The number of rotatable bonds is 7. The van der Waals surface area contributed by atoms with E-state index in [0.29, 0.717) is 6.04 Å². The molecule has 0 bridgehead atoms. The summed E-state index contributed by atoms with van der Waals surface area (Å²) in [6.45, 7) is 7.62. The largest absolute Gasteiger partial charge is 0.390 e. The van der Waals surface area contributed by atoms with Crippen LogP contribution in [0.25, 0.3) is 10.8 Å². The maximum Gasteiger partial charge on any atom is 0.137 e. The molecule has 0 saturated carbocycles. The minimum Gasteiger partial charge on any atom is -0.390 e. The Morgan fingerprint density at radius 1 is 1.19 bits per heavy atom. The van der Waals surface area contributed by atoms with Gasteiger partial charge in [0.25, 0.3) is 0 Å². The van der Waals surface area contributed by atoms with Gasteiger partial charge in [-0.05, 0) is 31.7 Å². The maximum atomic E-state index is 9.48. The molecule has 1 N–H and O–H groups in total. The number of pyridine rings is 1. The standard InChI is InChI=1S/C18H26N2O/c1-4-5-8-11-20(14(2)3)18-17-10-7-6-9-15(17)12-16(13-21)19-18/h6-7,9-10,12,14,21H,4-5,8,11,13H2,1-3H3. The molecule has 0 unspecified atom stereocenters. The molecule has 0 aliphatic carbocycles. The monoisotopic (exact) mass is 286 g/mol. The molecule has 21 heavy (non-hydrogen) atoms. The van der Waals surface area contributed by atoms with Crippen LogP contribution in [0.5, 0.6) is 0 Å². The average Bonchev–Trinajstić information content (AvgIpc) is 2.50. The Labute approximate surface area is 127 Å². The van der Waals surface area contributed by atoms with Crippen molar-refractivity contribution >= 4 is 16.6 Å². The highest BCUT2D eigenvalue weighted by molar-refractivity contribution is 5.92. The number of benzene rings is 1. The van der Waals surface area contributed by atoms with Crippen LogP contribution in [-0.4, -0.2) is 22.7 Å². The van der Waals surface area contributed by atoms with Crippen LogP contribution in [0, 0.1) is 0 Å². The molecular formula is C18H26N2O. The number of fused-ring (bicyclic) bond motifs is 1. The van der Waals surface area contributed by atoms with Gasteiger partial charge in [0.2, 0.25) is 0 Å². The third-order valence-corrected chi connectivity index (χ3v) is 3.83. The van der Waals surface area contributed by atoms with Gasteiger partial charge in [0.05, 0.1) is 12.3 Å². The van der Waals surface area contributed by atoms with Crippen molar-refractivity contribution < 1.29 is 5.11 Å². The molecule has 0 fully saturated rings. The van der Waals surface area contributed by atoms with Crippen LogP contribution in [0.3, 0.4) is 0 Å². The molecule has 0 aliphatic rings. The summed E-state index contributed by atoms with van der Waals surface area (Å²) < 4.78 is 0. The molecule has 114 valence electrons. The van der Waals surface area contributed by atoms with Gasteiger partial charge in [0.15, 0.2) is 0 Å². The summed E-state index contributed by atoms with van der Waals surface area (Å²) in [5, 5.41) is 11.8. The molecule has 0 atom stereocenters. The fourth-order valence-corrected chi connectivity index (χ4v) is 2.68. The third-order valence-electron chi connectivity index (χ3n) is 3.83. The van der Waals surface area contributed by atoms with Crippen LogP contribution in [0.15, 0.2) is 30.3 Å². The van der Waals surface area contributed by atoms with Crippen molar-refractivity contribution in [3.8, 4) is 0 Å². The number of hydrogen-bond acceptors (Lipinski definition) is 3. The summed E-state index contributed by atoms with van der Waals surface area (Å²) in [5.74, 6) is 1.00. The smallest absolute Gasteiger partial charge is 0.137 e. The van der Waals surface area contributed by atoms with E-state index in [4.69, 9.17) is 4.98 Å². The lowest BCUT2D eigenvalue weighted by Gasteiger charge is -2.29. The lowest BCUT2D eigenvalue weighted by molar-refractivity contribution is 0.277. The van der Waals surface area contributed by atoms with Gasteiger partial charge in [-0.1, -0.05) is 44.0 Å². The lowest BCUT2D eigenvalue weighted by Crippen LogP contribution is -2.33. The molecule has 2 rings (SSSR count). The molecule has 2 aromatic rings. The van der Waals surface area contributed by atoms with Crippen LogP contribution in [-0.2, 0) is 6.61 Å². The topological polar surface area (TPSA) is 36.4 Å². The van der Waals surface area contributed by atoms with Crippen molar-refractivity contribution in [2.75, 3.05) is 11.4 Å². The van der Waals surface area contributed by atoms with E-state index in [0.717, 1.165) is 23.4 Å². The number of aliphatic hydroxyl groups is 1. The normalized spacial score (nSPS) is 11.3. The maximum absolute atomic E-state index is 9.48. The minimum atomic E-state index is -0.0151. The molecule has 1 aromatic heterocycles. The Morgan fingerprint density at radius 2 is 1.95 bits per heavy atom. The first-order valence-electron chi connectivity index (χ1n) is 7.93. The van der Waals surface area contributed by atoms with Crippen molar-refractivity contribution in [2.45, 2.75) is 52.7 Å². The molecule has 1 aromatic carbocycles. The van der Waals surface area contributed by atoms with Gasteiger partial charge < -0.3 is 10.0 Å². The van der Waals surface area contributed by atoms with E-state index in [9.17, 15) is 5.11 Å². The van der Waals surface area contributed by atoms with Crippen molar-refractivity contribution in [3.63, 3.8) is 0 Å². The zero-order chi connectivity index (χ0) is 15.2. The SMILES string of the molecule is CCCCCN(c1nc(CO)cc2ccccc12)C(C)C. The third kappa shape index (κ3) is 3.73. The second kappa shape index (κ2) is 7.41. The molecule has 0 aliphatic heterocycles. The van der Waals surface area contributed by atoms with Crippen LogP contribution >= 0.6 is 0 Å². The van der Waals surface area contributed by atoms with Crippen LogP contribution in [0.1, 0.15) is 45.7 Å². The van der Waals surface area contributed by atoms with Gasteiger partial charge in [-0.15, -0.1) is 0 Å². The minimum absolute atomic E-state index is 0.0151. The molecular weight excluding hydrogens is 260 g/mol. The van der Waals surface area contributed by atoms with Crippen molar-refractivity contribution in [2.24, 2.45) is 0 Å². The molecule has 0 radical (unpaired) electrons. The van der Waals surface area contributed by atoms with E-state index in [1.165, 1.54) is 24.6 Å². The van der Waals surface area contributed by atoms with Crippen LogP contribution in [0.4, 0.5) is 5.82 Å². The van der Waals surface area contributed by atoms with E-state index < -0.39 is 0 Å². The first-order valence-corrected chi connectivity index (χ1v) is 7.93. The summed E-state index contributed by atoms with van der Waals surface area (Å²) in [5.41, 5.74) is 0.741. The average molecular weight is 286 g/mol. The zero-order valence-electron chi connectivity index (χ0n) is 13.3. The van der Waals surface area contributed by atoms with Crippen LogP contribution < -0.4 is 4.90 Å². The summed E-state index contributed by atoms with van der Waals surface area (Å²) >= 11 is 0. The van der Waals surface area contributed by atoms with Gasteiger partial charge in [-0.25, -0.2) is 4.98 Å². The molecule has 0 saturated heterocycles. The van der Waals surface area contributed by atoms with Gasteiger partial charge in [-0.3, -0.25) is 0 Å². The molecule has 0 spiro atoms.